The van der Waals surface area contributed by atoms with Crippen molar-refractivity contribution >= 4 is 11.8 Å². The summed E-state index contributed by atoms with van der Waals surface area (Å²) in [5.41, 5.74) is 1.07. The Bertz CT molecular complexity index is 988. The van der Waals surface area contributed by atoms with Crippen LogP contribution in [0, 0.1) is 29.6 Å². The molecule has 2 amide bonds. The van der Waals surface area contributed by atoms with Crippen molar-refractivity contribution < 1.29 is 19.4 Å². The Kier molecular flexibility index (Phi) is 8.90. The van der Waals surface area contributed by atoms with E-state index in [-0.39, 0.29) is 48.3 Å². The lowest BCUT2D eigenvalue weighted by atomic mass is 9.88. The van der Waals surface area contributed by atoms with E-state index >= 15 is 0 Å². The highest BCUT2D eigenvalue weighted by atomic mass is 16.5. The SMILES string of the molecule is C[C@H](CO)N1C[C@H](C)[C@H](CN(C)C(=O)C2CCCCC2)Oc2ncc(C#CC3CCCC3)cc2C1=O. The van der Waals surface area contributed by atoms with Crippen LogP contribution in [0.25, 0.3) is 0 Å². The summed E-state index contributed by atoms with van der Waals surface area (Å²) in [7, 11) is 1.85. The lowest BCUT2D eigenvalue weighted by Crippen LogP contribution is -2.51. The minimum Gasteiger partial charge on any atom is -0.472 e. The van der Waals surface area contributed by atoms with Gasteiger partial charge in [-0.1, -0.05) is 50.9 Å². The van der Waals surface area contributed by atoms with Gasteiger partial charge in [-0.05, 0) is 38.7 Å². The number of fused-ring (bicyclic) bond motifs is 1. The molecule has 0 saturated heterocycles. The summed E-state index contributed by atoms with van der Waals surface area (Å²) in [5.74, 6) is 7.24. The third-order valence-corrected chi connectivity index (χ3v) is 8.08. The molecule has 1 aliphatic heterocycles. The molecule has 1 aromatic heterocycles. The standard InChI is InChI=1S/C29H41N3O4/c1-20-17-32(21(2)19-33)29(35)25-15-23(14-13-22-9-7-8-10-22)16-30-27(25)36-26(20)18-31(3)28(34)24-11-5-4-6-12-24/h15-16,20-22,24,26,33H,4-12,17-19H2,1-3H3/t20-,21+,26-/m0/s1. The number of aromatic nitrogens is 1. The van der Waals surface area contributed by atoms with Gasteiger partial charge in [0.15, 0.2) is 0 Å². The summed E-state index contributed by atoms with van der Waals surface area (Å²) in [4.78, 5) is 34.7. The number of likely N-dealkylation sites (N-methyl/N-ethyl adjacent to an activating group) is 1. The molecule has 3 aliphatic rings. The van der Waals surface area contributed by atoms with E-state index in [9.17, 15) is 14.7 Å². The van der Waals surface area contributed by atoms with Gasteiger partial charge in [-0.3, -0.25) is 9.59 Å². The second-order valence-electron chi connectivity index (χ2n) is 11.0. The highest BCUT2D eigenvalue weighted by molar-refractivity contribution is 5.97. The molecular formula is C29H41N3O4. The largest absolute Gasteiger partial charge is 0.472 e. The molecule has 2 heterocycles. The molecule has 0 aromatic carbocycles. The minimum atomic E-state index is -0.346. The fourth-order valence-corrected chi connectivity index (χ4v) is 5.67. The molecule has 196 valence electrons. The number of aliphatic hydroxyl groups excluding tert-OH is 1. The van der Waals surface area contributed by atoms with Gasteiger partial charge in [-0.25, -0.2) is 4.98 Å². The first-order chi connectivity index (χ1) is 17.4. The quantitative estimate of drug-likeness (QED) is 0.627. The number of hydrogen-bond acceptors (Lipinski definition) is 5. The summed E-state index contributed by atoms with van der Waals surface area (Å²) in [6, 6.07) is 1.43. The Morgan fingerprint density at radius 2 is 1.92 bits per heavy atom. The van der Waals surface area contributed by atoms with Crippen LogP contribution in [0.2, 0.25) is 0 Å². The van der Waals surface area contributed by atoms with Crippen LogP contribution >= 0.6 is 0 Å². The number of carbonyl (C=O) groups is 2. The average Bonchev–Trinajstić information content (AvgIpc) is 3.43. The van der Waals surface area contributed by atoms with Crippen molar-refractivity contribution in [2.45, 2.75) is 83.8 Å². The van der Waals surface area contributed by atoms with Gasteiger partial charge in [0, 0.05) is 43.1 Å². The average molecular weight is 496 g/mol. The van der Waals surface area contributed by atoms with Crippen LogP contribution in [-0.2, 0) is 4.79 Å². The van der Waals surface area contributed by atoms with Gasteiger partial charge in [0.2, 0.25) is 11.8 Å². The zero-order valence-electron chi connectivity index (χ0n) is 22.0. The molecule has 3 atom stereocenters. The van der Waals surface area contributed by atoms with E-state index in [2.05, 4.69) is 16.8 Å². The van der Waals surface area contributed by atoms with Crippen molar-refractivity contribution in [2.24, 2.45) is 17.8 Å². The molecule has 0 radical (unpaired) electrons. The summed E-state index contributed by atoms with van der Waals surface area (Å²) in [6.45, 7) is 4.59. The Hall–Kier alpha value is -2.59. The fraction of sp³-hybridized carbons (Fsp3) is 0.690. The summed E-state index contributed by atoms with van der Waals surface area (Å²) in [5, 5.41) is 9.87. The number of carbonyl (C=O) groups excluding carboxylic acids is 2. The Balaban J connectivity index is 1.59. The Morgan fingerprint density at radius 1 is 1.22 bits per heavy atom. The van der Waals surface area contributed by atoms with Crippen LogP contribution in [0.3, 0.4) is 0 Å². The van der Waals surface area contributed by atoms with Gasteiger partial charge >= 0.3 is 0 Å². The monoisotopic (exact) mass is 495 g/mol. The van der Waals surface area contributed by atoms with Crippen molar-refractivity contribution in [1.82, 2.24) is 14.8 Å². The number of hydrogen-bond donors (Lipinski definition) is 1. The highest BCUT2D eigenvalue weighted by Gasteiger charge is 2.35. The van der Waals surface area contributed by atoms with Gasteiger partial charge < -0.3 is 19.6 Å². The number of pyridine rings is 1. The third-order valence-electron chi connectivity index (χ3n) is 8.08. The molecule has 0 bridgehead atoms. The first-order valence-electron chi connectivity index (χ1n) is 13.7. The Morgan fingerprint density at radius 3 is 2.61 bits per heavy atom. The first kappa shape index (κ1) is 26.5. The molecule has 36 heavy (non-hydrogen) atoms. The van der Waals surface area contributed by atoms with E-state index < -0.39 is 0 Å². The maximum atomic E-state index is 13.6. The summed E-state index contributed by atoms with van der Waals surface area (Å²) in [6.07, 6.45) is 11.4. The van der Waals surface area contributed by atoms with Crippen LogP contribution in [-0.4, -0.2) is 70.6 Å². The van der Waals surface area contributed by atoms with Crippen molar-refractivity contribution in [2.75, 3.05) is 26.7 Å². The minimum absolute atomic E-state index is 0.0543. The zero-order valence-corrected chi connectivity index (χ0v) is 22.0. The predicted octanol–water partition coefficient (Wildman–Crippen LogP) is 3.88. The van der Waals surface area contributed by atoms with E-state index in [4.69, 9.17) is 4.74 Å². The fourth-order valence-electron chi connectivity index (χ4n) is 5.67. The molecule has 2 aliphatic carbocycles. The lowest BCUT2D eigenvalue weighted by molar-refractivity contribution is -0.136. The second-order valence-corrected chi connectivity index (χ2v) is 11.0. The molecule has 0 unspecified atom stereocenters. The van der Waals surface area contributed by atoms with Crippen LogP contribution in [0.1, 0.15) is 87.6 Å². The lowest BCUT2D eigenvalue weighted by Gasteiger charge is -2.38. The maximum Gasteiger partial charge on any atom is 0.259 e. The number of amides is 2. The van der Waals surface area contributed by atoms with Crippen LogP contribution < -0.4 is 4.74 Å². The topological polar surface area (TPSA) is 83.0 Å². The van der Waals surface area contributed by atoms with E-state index in [1.54, 1.807) is 22.1 Å². The number of rotatable bonds is 5. The molecule has 7 nitrogen and oxygen atoms in total. The molecule has 1 aromatic rings. The van der Waals surface area contributed by atoms with Crippen LogP contribution in [0.5, 0.6) is 5.88 Å². The van der Waals surface area contributed by atoms with Gasteiger partial charge in [0.1, 0.15) is 11.7 Å². The van der Waals surface area contributed by atoms with E-state index in [1.165, 1.54) is 19.3 Å². The maximum absolute atomic E-state index is 13.6. The molecular weight excluding hydrogens is 454 g/mol. The zero-order chi connectivity index (χ0) is 25.7. The second kappa shape index (κ2) is 12.1. The van der Waals surface area contributed by atoms with Crippen LogP contribution in [0.4, 0.5) is 0 Å². The van der Waals surface area contributed by atoms with E-state index in [0.717, 1.165) is 38.5 Å². The molecule has 2 fully saturated rings. The Labute approximate surface area is 215 Å². The molecule has 4 rings (SSSR count). The molecule has 2 saturated carbocycles. The normalized spacial score (nSPS) is 24.1. The van der Waals surface area contributed by atoms with Crippen molar-refractivity contribution in [3.8, 4) is 17.7 Å². The number of nitrogens with zero attached hydrogens (tertiary/aromatic N) is 3. The smallest absolute Gasteiger partial charge is 0.259 e. The van der Waals surface area contributed by atoms with Gasteiger partial charge in [0.25, 0.3) is 5.91 Å². The number of ether oxygens (including phenoxy) is 1. The predicted molar refractivity (Wildman–Crippen MR) is 138 cm³/mol. The summed E-state index contributed by atoms with van der Waals surface area (Å²) >= 11 is 0. The van der Waals surface area contributed by atoms with Gasteiger partial charge in [-0.15, -0.1) is 0 Å². The molecule has 7 heteroatoms. The van der Waals surface area contributed by atoms with Crippen molar-refractivity contribution in [1.29, 1.82) is 0 Å². The van der Waals surface area contributed by atoms with Crippen molar-refractivity contribution in [3.05, 3.63) is 23.4 Å². The van der Waals surface area contributed by atoms with Gasteiger partial charge in [0.05, 0.1) is 19.2 Å². The van der Waals surface area contributed by atoms with E-state index in [1.807, 2.05) is 20.9 Å². The molecule has 0 spiro atoms. The number of aliphatic hydroxyl groups is 1. The first-order valence-corrected chi connectivity index (χ1v) is 13.7. The summed E-state index contributed by atoms with van der Waals surface area (Å²) < 4.78 is 6.36. The van der Waals surface area contributed by atoms with E-state index in [0.29, 0.717) is 30.1 Å². The van der Waals surface area contributed by atoms with Crippen molar-refractivity contribution in [3.63, 3.8) is 0 Å². The third kappa shape index (κ3) is 6.21. The molecule has 1 N–H and O–H groups in total. The van der Waals surface area contributed by atoms with Crippen LogP contribution in [0.15, 0.2) is 12.3 Å². The van der Waals surface area contributed by atoms with Gasteiger partial charge in [-0.2, -0.15) is 0 Å². The highest BCUT2D eigenvalue weighted by Crippen LogP contribution is 2.29.